The minimum atomic E-state index is -1.07. The monoisotopic (exact) mass is 380 g/mol. The lowest BCUT2D eigenvalue weighted by molar-refractivity contribution is -0.140. The largest absolute Gasteiger partial charge is 0.478 e. The smallest absolute Gasteiger partial charge is 0.336 e. The predicted octanol–water partition coefficient (Wildman–Crippen LogP) is 3.75. The van der Waals surface area contributed by atoms with Gasteiger partial charge in [-0.25, -0.2) is 9.59 Å². The number of para-hydroxylation sites is 1. The molecule has 2 heterocycles. The molecule has 1 aliphatic rings. The second kappa shape index (κ2) is 7.84. The number of nitrogens with one attached hydrogen (secondary N) is 1. The van der Waals surface area contributed by atoms with Gasteiger partial charge in [-0.05, 0) is 37.5 Å². The topological polar surface area (TPSA) is 88.5 Å². The van der Waals surface area contributed by atoms with Crippen molar-refractivity contribution in [3.63, 3.8) is 0 Å². The van der Waals surface area contributed by atoms with Crippen molar-refractivity contribution in [2.24, 2.45) is 5.92 Å². The van der Waals surface area contributed by atoms with E-state index in [9.17, 15) is 14.7 Å². The van der Waals surface area contributed by atoms with Crippen molar-refractivity contribution in [2.45, 2.75) is 33.6 Å². The fourth-order valence-corrected chi connectivity index (χ4v) is 3.55. The maximum Gasteiger partial charge on any atom is 0.336 e. The number of fused-ring (bicyclic) bond motifs is 1. The van der Waals surface area contributed by atoms with Crippen molar-refractivity contribution in [3.05, 3.63) is 64.6 Å². The standard InChI is InChI=1S/C22H24N2O4/c1-12(2)11-28-22(27)19-14(4)24-13(3)18(21(25)26)20(19)16-9-10-23-17-8-6-5-7-15(16)17/h5-10,12,20,24H,11H2,1-4H3,(H,25,26). The summed E-state index contributed by atoms with van der Waals surface area (Å²) < 4.78 is 5.47. The highest BCUT2D eigenvalue weighted by atomic mass is 16.5. The molecule has 146 valence electrons. The number of allylic oxidation sites excluding steroid dienone is 2. The van der Waals surface area contributed by atoms with Gasteiger partial charge in [0.25, 0.3) is 0 Å². The predicted molar refractivity (Wildman–Crippen MR) is 106 cm³/mol. The Balaban J connectivity index is 2.21. The first-order valence-electron chi connectivity index (χ1n) is 9.23. The van der Waals surface area contributed by atoms with E-state index in [1.165, 1.54) is 0 Å². The van der Waals surface area contributed by atoms with Crippen molar-refractivity contribution in [3.8, 4) is 0 Å². The number of pyridine rings is 1. The molecular formula is C22H24N2O4. The first-order chi connectivity index (χ1) is 13.3. The molecule has 1 aliphatic heterocycles. The molecule has 28 heavy (non-hydrogen) atoms. The van der Waals surface area contributed by atoms with Gasteiger partial charge in [0.15, 0.2) is 0 Å². The summed E-state index contributed by atoms with van der Waals surface area (Å²) in [5.41, 5.74) is 3.03. The van der Waals surface area contributed by atoms with Crippen LogP contribution in [0.2, 0.25) is 0 Å². The Morgan fingerprint density at radius 1 is 1.14 bits per heavy atom. The summed E-state index contributed by atoms with van der Waals surface area (Å²) in [7, 11) is 0. The highest BCUT2D eigenvalue weighted by Gasteiger charge is 2.38. The molecule has 1 aromatic heterocycles. The van der Waals surface area contributed by atoms with Crippen LogP contribution in [0, 0.1) is 5.92 Å². The van der Waals surface area contributed by atoms with Crippen LogP contribution in [0.5, 0.6) is 0 Å². The maximum atomic E-state index is 13.0. The first kappa shape index (κ1) is 19.6. The number of hydrogen-bond acceptors (Lipinski definition) is 5. The number of ether oxygens (including phenoxy) is 1. The molecule has 2 N–H and O–H groups in total. The summed E-state index contributed by atoms with van der Waals surface area (Å²) in [6.07, 6.45) is 1.64. The number of carbonyl (C=O) groups excluding carboxylic acids is 1. The van der Waals surface area contributed by atoms with Crippen molar-refractivity contribution in [1.29, 1.82) is 0 Å². The number of nitrogens with zero attached hydrogens (tertiary/aromatic N) is 1. The van der Waals surface area contributed by atoms with E-state index in [1.54, 1.807) is 26.1 Å². The van der Waals surface area contributed by atoms with E-state index in [-0.39, 0.29) is 18.1 Å². The van der Waals surface area contributed by atoms with Crippen LogP contribution >= 0.6 is 0 Å². The van der Waals surface area contributed by atoms with Gasteiger partial charge in [-0.1, -0.05) is 32.0 Å². The molecule has 1 aromatic carbocycles. The molecular weight excluding hydrogens is 356 g/mol. The van der Waals surface area contributed by atoms with Crippen LogP contribution in [0.1, 0.15) is 39.2 Å². The molecule has 0 fully saturated rings. The number of aromatic nitrogens is 1. The van der Waals surface area contributed by atoms with Crippen LogP contribution in [0.4, 0.5) is 0 Å². The number of dihydropyridines is 1. The molecule has 1 unspecified atom stereocenters. The first-order valence-corrected chi connectivity index (χ1v) is 9.23. The van der Waals surface area contributed by atoms with Crippen LogP contribution < -0.4 is 5.32 Å². The SMILES string of the molecule is CC1=C(C(=O)O)C(c2ccnc3ccccc23)C(C(=O)OCC(C)C)=C(C)N1. The van der Waals surface area contributed by atoms with E-state index < -0.39 is 17.9 Å². The highest BCUT2D eigenvalue weighted by Crippen LogP contribution is 2.41. The number of carboxylic acid groups (broad SMARTS) is 1. The van der Waals surface area contributed by atoms with Crippen LogP contribution in [0.15, 0.2) is 59.1 Å². The second-order valence-electron chi connectivity index (χ2n) is 7.35. The number of esters is 1. The molecule has 1 atom stereocenters. The Morgan fingerprint density at radius 2 is 1.82 bits per heavy atom. The average molecular weight is 380 g/mol. The molecule has 0 aliphatic carbocycles. The maximum absolute atomic E-state index is 13.0. The highest BCUT2D eigenvalue weighted by molar-refractivity contribution is 6.01. The molecule has 0 amide bonds. The number of hydrogen-bond donors (Lipinski definition) is 2. The third-order valence-corrected chi connectivity index (χ3v) is 4.75. The van der Waals surface area contributed by atoms with Gasteiger partial charge in [0.1, 0.15) is 0 Å². The third-order valence-electron chi connectivity index (χ3n) is 4.75. The molecule has 2 aromatic rings. The van der Waals surface area contributed by atoms with Crippen molar-refractivity contribution < 1.29 is 19.4 Å². The van der Waals surface area contributed by atoms with Crippen LogP contribution in [0.25, 0.3) is 10.9 Å². The minimum Gasteiger partial charge on any atom is -0.478 e. The Hall–Kier alpha value is -3.15. The van der Waals surface area contributed by atoms with E-state index in [0.29, 0.717) is 17.0 Å². The summed E-state index contributed by atoms with van der Waals surface area (Å²) in [6.45, 7) is 7.65. The fourth-order valence-electron chi connectivity index (χ4n) is 3.55. The van der Waals surface area contributed by atoms with Gasteiger partial charge in [0, 0.05) is 23.0 Å². The average Bonchev–Trinajstić information content (AvgIpc) is 2.64. The van der Waals surface area contributed by atoms with E-state index in [2.05, 4.69) is 10.3 Å². The van der Waals surface area contributed by atoms with Gasteiger partial charge < -0.3 is 15.2 Å². The number of benzene rings is 1. The van der Waals surface area contributed by atoms with Gasteiger partial charge in [-0.2, -0.15) is 0 Å². The van der Waals surface area contributed by atoms with Gasteiger partial charge in [-0.3, -0.25) is 4.98 Å². The molecule has 0 saturated carbocycles. The number of aliphatic carboxylic acids is 1. The van der Waals surface area contributed by atoms with Crippen molar-refractivity contribution >= 4 is 22.8 Å². The molecule has 6 heteroatoms. The van der Waals surface area contributed by atoms with Gasteiger partial charge in [0.05, 0.1) is 29.2 Å². The fraction of sp³-hybridized carbons (Fsp3) is 0.318. The Labute approximate surface area is 163 Å². The van der Waals surface area contributed by atoms with E-state index >= 15 is 0 Å². The second-order valence-corrected chi connectivity index (χ2v) is 7.35. The molecule has 0 bridgehead atoms. The van der Waals surface area contributed by atoms with E-state index in [4.69, 9.17) is 4.74 Å². The lowest BCUT2D eigenvalue weighted by Crippen LogP contribution is -2.32. The lowest BCUT2D eigenvalue weighted by Gasteiger charge is -2.30. The summed E-state index contributed by atoms with van der Waals surface area (Å²) >= 11 is 0. The van der Waals surface area contributed by atoms with Crippen LogP contribution in [-0.4, -0.2) is 28.6 Å². The van der Waals surface area contributed by atoms with Crippen molar-refractivity contribution in [1.82, 2.24) is 10.3 Å². The zero-order valence-corrected chi connectivity index (χ0v) is 16.4. The molecule has 0 spiro atoms. The van der Waals surface area contributed by atoms with E-state index in [0.717, 1.165) is 16.5 Å². The minimum absolute atomic E-state index is 0.137. The Morgan fingerprint density at radius 3 is 2.50 bits per heavy atom. The quantitative estimate of drug-likeness (QED) is 0.768. The molecule has 6 nitrogen and oxygen atoms in total. The molecule has 3 rings (SSSR count). The lowest BCUT2D eigenvalue weighted by atomic mass is 9.79. The number of carbonyl (C=O) groups is 2. The third kappa shape index (κ3) is 3.63. The van der Waals surface area contributed by atoms with Gasteiger partial charge >= 0.3 is 11.9 Å². The zero-order chi connectivity index (χ0) is 20.4. The Kier molecular flexibility index (Phi) is 5.49. The van der Waals surface area contributed by atoms with Gasteiger partial charge in [0.2, 0.25) is 0 Å². The summed E-state index contributed by atoms with van der Waals surface area (Å²) in [6, 6.07) is 9.28. The van der Waals surface area contributed by atoms with Gasteiger partial charge in [-0.15, -0.1) is 0 Å². The molecule has 0 saturated heterocycles. The van der Waals surface area contributed by atoms with Crippen LogP contribution in [-0.2, 0) is 14.3 Å². The normalized spacial score (nSPS) is 17.1. The Bertz CT molecular complexity index is 999. The zero-order valence-electron chi connectivity index (χ0n) is 16.4. The molecule has 0 radical (unpaired) electrons. The summed E-state index contributed by atoms with van der Waals surface area (Å²) in [5.74, 6) is -2.14. The number of rotatable bonds is 5. The number of carboxylic acids is 1. The summed E-state index contributed by atoms with van der Waals surface area (Å²) in [4.78, 5) is 29.5. The van der Waals surface area contributed by atoms with Crippen molar-refractivity contribution in [2.75, 3.05) is 6.61 Å². The van der Waals surface area contributed by atoms with E-state index in [1.807, 2.05) is 38.1 Å². The van der Waals surface area contributed by atoms with Crippen LogP contribution in [0.3, 0.4) is 0 Å². The summed E-state index contributed by atoms with van der Waals surface area (Å²) in [5, 5.41) is 13.8.